The van der Waals surface area contributed by atoms with E-state index in [9.17, 15) is 4.79 Å². The van der Waals surface area contributed by atoms with Crippen molar-refractivity contribution >= 4 is 17.2 Å². The van der Waals surface area contributed by atoms with E-state index in [1.807, 2.05) is 0 Å². The number of carbonyl (C=O) groups is 1. The number of aryl methyl sites for hydroxylation is 2. The first-order valence-corrected chi connectivity index (χ1v) is 12.3. The van der Waals surface area contributed by atoms with Crippen molar-refractivity contribution in [3.8, 4) is 0 Å². The smallest absolute Gasteiger partial charge is 0.193 e. The molecule has 0 aromatic heterocycles. The molecule has 0 radical (unpaired) electrons. The van der Waals surface area contributed by atoms with E-state index in [0.29, 0.717) is 13.2 Å². The maximum Gasteiger partial charge on any atom is 0.193 e. The van der Waals surface area contributed by atoms with Gasteiger partial charge in [0.2, 0.25) is 0 Å². The van der Waals surface area contributed by atoms with Gasteiger partial charge in [-0.25, -0.2) is 0 Å². The number of hydrogen-bond donors (Lipinski definition) is 0. The average Bonchev–Trinajstić information content (AvgIpc) is 2.83. The zero-order valence-electron chi connectivity index (χ0n) is 20.5. The molecule has 0 amide bonds. The second kappa shape index (κ2) is 8.77. The van der Waals surface area contributed by atoms with Crippen molar-refractivity contribution in [2.45, 2.75) is 44.9 Å². The minimum Gasteiger partial charge on any atom is -0.383 e. The van der Waals surface area contributed by atoms with Crippen LogP contribution in [0.25, 0.3) is 0 Å². The summed E-state index contributed by atoms with van der Waals surface area (Å²) in [5.74, 6) is 0.188. The highest BCUT2D eigenvalue weighted by atomic mass is 16.5. The molecule has 2 aromatic rings. The first-order chi connectivity index (χ1) is 16.0. The molecule has 0 unspecified atom stereocenters. The standard InChI is InChI=1S/C28H36N2O3/c1-28(2)23-17-25-19(7-5-9-29(25)11-13-32-3)15-21(23)27(31)22-16-20-8-6-10-30(12-14-33-4)26(20)18-24(22)28/h15-18H,5-14H2,1-4H3. The van der Waals surface area contributed by atoms with Gasteiger partial charge in [0.25, 0.3) is 0 Å². The van der Waals surface area contributed by atoms with E-state index in [-0.39, 0.29) is 11.2 Å². The first kappa shape index (κ1) is 22.4. The lowest BCUT2D eigenvalue weighted by atomic mass is 9.67. The number of ether oxygens (including phenoxy) is 2. The largest absolute Gasteiger partial charge is 0.383 e. The molecule has 1 aliphatic carbocycles. The Bertz CT molecular complexity index is 994. The van der Waals surface area contributed by atoms with Crippen LogP contribution < -0.4 is 9.80 Å². The molecular weight excluding hydrogens is 412 g/mol. The summed E-state index contributed by atoms with van der Waals surface area (Å²) < 4.78 is 10.7. The van der Waals surface area contributed by atoms with E-state index >= 15 is 0 Å². The number of fused-ring (bicyclic) bond motifs is 4. The minimum absolute atomic E-state index is 0.188. The van der Waals surface area contributed by atoms with Crippen LogP contribution in [0.15, 0.2) is 24.3 Å². The fraction of sp³-hybridized carbons (Fsp3) is 0.536. The molecule has 3 aliphatic rings. The summed E-state index contributed by atoms with van der Waals surface area (Å²) in [4.78, 5) is 18.7. The number of benzene rings is 2. The monoisotopic (exact) mass is 448 g/mol. The molecule has 0 fully saturated rings. The Morgan fingerprint density at radius 1 is 0.788 bits per heavy atom. The van der Waals surface area contributed by atoms with Crippen LogP contribution in [0.4, 0.5) is 11.4 Å². The Kier molecular flexibility index (Phi) is 5.96. The van der Waals surface area contributed by atoms with Crippen LogP contribution in [-0.4, -0.2) is 59.4 Å². The van der Waals surface area contributed by atoms with Gasteiger partial charge in [-0.2, -0.15) is 0 Å². The van der Waals surface area contributed by atoms with Gasteiger partial charge in [0.05, 0.1) is 13.2 Å². The maximum atomic E-state index is 13.8. The molecule has 176 valence electrons. The quantitative estimate of drug-likeness (QED) is 0.657. The predicted octanol–water partition coefficient (Wildman–Crippen LogP) is 4.35. The third kappa shape index (κ3) is 3.75. The van der Waals surface area contributed by atoms with E-state index in [0.717, 1.165) is 74.1 Å². The topological polar surface area (TPSA) is 42.0 Å². The van der Waals surface area contributed by atoms with Crippen molar-refractivity contribution in [3.63, 3.8) is 0 Å². The maximum absolute atomic E-state index is 13.8. The zero-order chi connectivity index (χ0) is 23.2. The summed E-state index contributed by atoms with van der Waals surface area (Å²) in [5, 5.41) is 0. The fourth-order valence-electron chi connectivity index (χ4n) is 5.98. The van der Waals surface area contributed by atoms with Gasteiger partial charge < -0.3 is 19.3 Å². The van der Waals surface area contributed by atoms with E-state index in [1.165, 1.54) is 22.5 Å². The molecule has 0 saturated carbocycles. The summed E-state index contributed by atoms with van der Waals surface area (Å²) in [6.45, 7) is 9.84. The molecule has 5 nitrogen and oxygen atoms in total. The molecule has 33 heavy (non-hydrogen) atoms. The predicted molar refractivity (Wildman–Crippen MR) is 133 cm³/mol. The van der Waals surface area contributed by atoms with Crippen LogP contribution in [0.2, 0.25) is 0 Å². The number of rotatable bonds is 6. The first-order valence-electron chi connectivity index (χ1n) is 12.3. The van der Waals surface area contributed by atoms with Gasteiger partial charge in [0.15, 0.2) is 5.78 Å². The van der Waals surface area contributed by atoms with Crippen molar-refractivity contribution in [2.24, 2.45) is 0 Å². The summed E-state index contributed by atoms with van der Waals surface area (Å²) in [5.41, 5.74) is 9.02. The van der Waals surface area contributed by atoms with Crippen molar-refractivity contribution in [2.75, 3.05) is 63.4 Å². The second-order valence-electron chi connectivity index (χ2n) is 10.2. The minimum atomic E-state index is -0.239. The Morgan fingerprint density at radius 2 is 1.24 bits per heavy atom. The number of carbonyl (C=O) groups excluding carboxylic acids is 1. The van der Waals surface area contributed by atoms with E-state index in [1.54, 1.807) is 14.2 Å². The molecule has 2 heterocycles. The molecular formula is C28H36N2O3. The van der Waals surface area contributed by atoms with Crippen molar-refractivity contribution in [3.05, 3.63) is 57.6 Å². The molecule has 0 bridgehead atoms. The van der Waals surface area contributed by atoms with Crippen molar-refractivity contribution in [1.29, 1.82) is 0 Å². The SMILES string of the molecule is COCCN1CCCc2cc3c(cc21)C(C)(C)c1cc2c(cc1C3=O)CCCN2CCOC. The van der Waals surface area contributed by atoms with Gasteiger partial charge in [-0.05, 0) is 72.2 Å². The van der Waals surface area contributed by atoms with E-state index in [4.69, 9.17) is 9.47 Å². The van der Waals surface area contributed by atoms with Gasteiger partial charge >= 0.3 is 0 Å². The third-order valence-electron chi connectivity index (χ3n) is 7.83. The number of anilines is 2. The average molecular weight is 449 g/mol. The number of methoxy groups -OCH3 is 2. The van der Waals surface area contributed by atoms with E-state index in [2.05, 4.69) is 47.9 Å². The van der Waals surface area contributed by atoms with Crippen LogP contribution in [-0.2, 0) is 27.7 Å². The highest BCUT2D eigenvalue weighted by Crippen LogP contribution is 2.46. The summed E-state index contributed by atoms with van der Waals surface area (Å²) in [6.07, 6.45) is 4.31. The molecule has 5 rings (SSSR count). The van der Waals surface area contributed by atoms with Gasteiger partial charge in [-0.1, -0.05) is 13.8 Å². The van der Waals surface area contributed by atoms with Crippen molar-refractivity contribution in [1.82, 2.24) is 0 Å². The lowest BCUT2D eigenvalue weighted by Crippen LogP contribution is -2.37. The normalized spacial score (nSPS) is 18.5. The van der Waals surface area contributed by atoms with Gasteiger partial charge in [0.1, 0.15) is 0 Å². The van der Waals surface area contributed by atoms with Crippen LogP contribution in [0.1, 0.15) is 64.9 Å². The highest BCUT2D eigenvalue weighted by Gasteiger charge is 2.39. The van der Waals surface area contributed by atoms with Crippen LogP contribution >= 0.6 is 0 Å². The highest BCUT2D eigenvalue weighted by molar-refractivity contribution is 6.14. The molecule has 0 saturated heterocycles. The Hall–Kier alpha value is -2.37. The molecule has 2 aromatic carbocycles. The number of nitrogens with zero attached hydrogens (tertiary/aromatic N) is 2. The van der Waals surface area contributed by atoms with Gasteiger partial charge in [-0.3, -0.25) is 4.79 Å². The Labute approximate surface area is 197 Å². The molecule has 0 atom stereocenters. The second-order valence-corrected chi connectivity index (χ2v) is 10.2. The fourth-order valence-corrected chi connectivity index (χ4v) is 5.98. The lowest BCUT2D eigenvalue weighted by Gasteiger charge is -2.40. The zero-order valence-corrected chi connectivity index (χ0v) is 20.5. The molecule has 0 N–H and O–H groups in total. The summed E-state index contributed by atoms with van der Waals surface area (Å²) in [7, 11) is 3.51. The van der Waals surface area contributed by atoms with Crippen LogP contribution in [0.5, 0.6) is 0 Å². The molecule has 2 aliphatic heterocycles. The van der Waals surface area contributed by atoms with Crippen molar-refractivity contribution < 1.29 is 14.3 Å². The number of hydrogen-bond acceptors (Lipinski definition) is 5. The van der Waals surface area contributed by atoms with Crippen LogP contribution in [0.3, 0.4) is 0 Å². The summed E-state index contributed by atoms with van der Waals surface area (Å²) >= 11 is 0. The number of ketones is 1. The Morgan fingerprint density at radius 3 is 1.67 bits per heavy atom. The van der Waals surface area contributed by atoms with Gasteiger partial charge in [0, 0.05) is 68.3 Å². The summed E-state index contributed by atoms with van der Waals surface area (Å²) in [6, 6.07) is 9.01. The Balaban J connectivity index is 1.61. The lowest BCUT2D eigenvalue weighted by molar-refractivity contribution is 0.103. The van der Waals surface area contributed by atoms with E-state index < -0.39 is 0 Å². The van der Waals surface area contributed by atoms with Gasteiger partial charge in [-0.15, -0.1) is 0 Å². The molecule has 0 spiro atoms. The third-order valence-corrected chi connectivity index (χ3v) is 7.83. The van der Waals surface area contributed by atoms with Crippen LogP contribution in [0, 0.1) is 0 Å². The molecule has 5 heteroatoms.